The Bertz CT molecular complexity index is 604. The molecule has 0 aromatic heterocycles. The highest BCUT2D eigenvalue weighted by Gasteiger charge is 2.10. The summed E-state index contributed by atoms with van der Waals surface area (Å²) in [6.45, 7) is 3.71. The molecule has 2 aromatic rings. The van der Waals surface area contributed by atoms with E-state index in [2.05, 4.69) is 11.8 Å². The quantitative estimate of drug-likeness (QED) is 0.585. The first-order valence-electron chi connectivity index (χ1n) is 7.10. The predicted octanol–water partition coefficient (Wildman–Crippen LogP) is 4.38. The highest BCUT2D eigenvalue weighted by molar-refractivity contribution is 6.32. The first kappa shape index (κ1) is 16.2. The van der Waals surface area contributed by atoms with Crippen LogP contribution in [0, 0.1) is 0 Å². The first-order valence-corrected chi connectivity index (χ1v) is 7.47. The van der Waals surface area contributed by atoms with Gasteiger partial charge in [0.2, 0.25) is 0 Å². The van der Waals surface area contributed by atoms with Crippen LogP contribution in [0.4, 0.5) is 10.5 Å². The summed E-state index contributed by atoms with van der Waals surface area (Å²) >= 11 is 5.91. The van der Waals surface area contributed by atoms with Crippen molar-refractivity contribution in [2.45, 2.75) is 6.92 Å². The van der Waals surface area contributed by atoms with Crippen LogP contribution in [0.2, 0.25) is 5.02 Å². The van der Waals surface area contributed by atoms with E-state index in [4.69, 9.17) is 21.1 Å². The number of rotatable bonds is 6. The molecule has 0 saturated carbocycles. The van der Waals surface area contributed by atoms with E-state index in [1.54, 1.807) is 24.3 Å². The molecule has 0 saturated heterocycles. The van der Waals surface area contributed by atoms with E-state index in [0.29, 0.717) is 17.3 Å². The number of likely N-dealkylation sites (N-methyl/N-ethyl adjacent to an activating group) is 1. The first-order chi connectivity index (χ1) is 10.7. The van der Waals surface area contributed by atoms with Gasteiger partial charge in [-0.2, -0.15) is 0 Å². The summed E-state index contributed by atoms with van der Waals surface area (Å²) in [6.07, 6.45) is -0.753. The predicted molar refractivity (Wildman–Crippen MR) is 87.8 cm³/mol. The molecular formula is C17H18ClNO3. The van der Waals surface area contributed by atoms with Gasteiger partial charge in [0, 0.05) is 12.2 Å². The molecule has 0 spiro atoms. The summed E-state index contributed by atoms with van der Waals surface area (Å²) in [5.74, 6) is 0.296. The van der Waals surface area contributed by atoms with E-state index in [9.17, 15) is 4.79 Å². The molecule has 0 aliphatic carbocycles. The van der Waals surface area contributed by atoms with Gasteiger partial charge in [-0.05, 0) is 31.2 Å². The Hall–Kier alpha value is -2.20. The fraction of sp³-hybridized carbons (Fsp3) is 0.235. The molecule has 2 rings (SSSR count). The molecular weight excluding hydrogens is 302 g/mol. The van der Waals surface area contributed by atoms with Crippen molar-refractivity contribution in [1.29, 1.82) is 0 Å². The number of halogens is 1. The molecule has 22 heavy (non-hydrogen) atoms. The summed E-state index contributed by atoms with van der Waals surface area (Å²) < 4.78 is 10.1. The van der Waals surface area contributed by atoms with E-state index in [1.807, 2.05) is 30.3 Å². The maximum atomic E-state index is 11.6. The van der Waals surface area contributed by atoms with E-state index in [1.165, 1.54) is 0 Å². The largest absolute Gasteiger partial charge is 0.513 e. The normalized spacial score (nSPS) is 10.1. The molecule has 116 valence electrons. The topological polar surface area (TPSA) is 38.8 Å². The lowest BCUT2D eigenvalue weighted by atomic mass is 10.3. The minimum Gasteiger partial charge on any atom is -0.432 e. The summed E-state index contributed by atoms with van der Waals surface area (Å²) in [6, 6.07) is 16.7. The van der Waals surface area contributed by atoms with Crippen LogP contribution in [0.25, 0.3) is 0 Å². The average molecular weight is 320 g/mol. The van der Waals surface area contributed by atoms with Crippen LogP contribution in [-0.2, 0) is 4.74 Å². The van der Waals surface area contributed by atoms with Crippen LogP contribution >= 0.6 is 11.6 Å². The van der Waals surface area contributed by atoms with Crippen LogP contribution in [0.15, 0.2) is 54.6 Å². The van der Waals surface area contributed by atoms with Gasteiger partial charge in [0.1, 0.15) is 6.61 Å². The zero-order chi connectivity index (χ0) is 15.8. The van der Waals surface area contributed by atoms with Gasteiger partial charge in [-0.3, -0.25) is 0 Å². The number of ether oxygens (including phenoxy) is 2. The van der Waals surface area contributed by atoms with Crippen LogP contribution in [0.3, 0.4) is 0 Å². The Morgan fingerprint density at radius 2 is 1.77 bits per heavy atom. The Kier molecular flexibility index (Phi) is 6.10. The van der Waals surface area contributed by atoms with Crippen LogP contribution in [-0.4, -0.2) is 25.9 Å². The molecule has 0 fully saturated rings. The standard InChI is InChI=1S/C17H18ClNO3/c1-2-19(14-8-4-3-5-9-14)12-13-21-17(20)22-16-11-7-6-10-15(16)18/h3-11H,2,12-13H2,1H3. The second-order valence-corrected chi connectivity index (χ2v) is 4.95. The lowest BCUT2D eigenvalue weighted by molar-refractivity contribution is 0.101. The van der Waals surface area contributed by atoms with Gasteiger partial charge in [0.25, 0.3) is 0 Å². The molecule has 0 atom stereocenters. The summed E-state index contributed by atoms with van der Waals surface area (Å²) in [5, 5.41) is 0.374. The zero-order valence-corrected chi connectivity index (χ0v) is 13.1. The Balaban J connectivity index is 1.80. The van der Waals surface area contributed by atoms with Crippen molar-refractivity contribution in [2.24, 2.45) is 0 Å². The van der Waals surface area contributed by atoms with E-state index >= 15 is 0 Å². The fourth-order valence-corrected chi connectivity index (χ4v) is 2.17. The molecule has 0 radical (unpaired) electrons. The minimum atomic E-state index is -0.753. The van der Waals surface area contributed by atoms with Crippen molar-refractivity contribution in [3.8, 4) is 5.75 Å². The number of carbonyl (C=O) groups is 1. The third kappa shape index (κ3) is 4.67. The van der Waals surface area contributed by atoms with E-state index < -0.39 is 6.16 Å². The van der Waals surface area contributed by atoms with Gasteiger partial charge in [0.05, 0.1) is 11.6 Å². The summed E-state index contributed by atoms with van der Waals surface area (Å²) in [4.78, 5) is 13.8. The molecule has 0 heterocycles. The van der Waals surface area contributed by atoms with Gasteiger partial charge >= 0.3 is 6.16 Å². The fourth-order valence-electron chi connectivity index (χ4n) is 1.99. The van der Waals surface area contributed by atoms with Crippen LogP contribution < -0.4 is 9.64 Å². The zero-order valence-electron chi connectivity index (χ0n) is 12.4. The molecule has 2 aromatic carbocycles. The number of carbonyl (C=O) groups excluding carboxylic acids is 1. The monoisotopic (exact) mass is 319 g/mol. The second-order valence-electron chi connectivity index (χ2n) is 4.55. The van der Waals surface area contributed by atoms with Crippen LogP contribution in [0.5, 0.6) is 5.75 Å². The lowest BCUT2D eigenvalue weighted by Gasteiger charge is -2.22. The number of hydrogen-bond acceptors (Lipinski definition) is 4. The molecule has 0 bridgehead atoms. The van der Waals surface area contributed by atoms with Gasteiger partial charge in [-0.25, -0.2) is 4.79 Å². The summed E-state index contributed by atoms with van der Waals surface area (Å²) in [7, 11) is 0. The highest BCUT2D eigenvalue weighted by atomic mass is 35.5. The molecule has 4 nitrogen and oxygen atoms in total. The molecule has 5 heteroatoms. The van der Waals surface area contributed by atoms with Gasteiger partial charge in [-0.15, -0.1) is 0 Å². The van der Waals surface area contributed by atoms with Gasteiger partial charge < -0.3 is 14.4 Å². The number of para-hydroxylation sites is 2. The van der Waals surface area contributed by atoms with Crippen molar-refractivity contribution < 1.29 is 14.3 Å². The van der Waals surface area contributed by atoms with Crippen molar-refractivity contribution in [2.75, 3.05) is 24.6 Å². The SMILES string of the molecule is CCN(CCOC(=O)Oc1ccccc1Cl)c1ccccc1. The smallest absolute Gasteiger partial charge is 0.432 e. The third-order valence-corrected chi connectivity index (χ3v) is 3.43. The Morgan fingerprint density at radius 3 is 2.45 bits per heavy atom. The highest BCUT2D eigenvalue weighted by Crippen LogP contribution is 2.23. The van der Waals surface area contributed by atoms with Crippen molar-refractivity contribution in [3.05, 3.63) is 59.6 Å². The van der Waals surface area contributed by atoms with Gasteiger partial charge in [0.15, 0.2) is 5.75 Å². The molecule has 0 amide bonds. The summed E-state index contributed by atoms with van der Waals surface area (Å²) in [5.41, 5.74) is 1.09. The third-order valence-electron chi connectivity index (χ3n) is 3.11. The van der Waals surface area contributed by atoms with Crippen molar-refractivity contribution >= 4 is 23.4 Å². The molecule has 0 unspecified atom stereocenters. The Labute approximate surface area is 135 Å². The van der Waals surface area contributed by atoms with Crippen molar-refractivity contribution in [1.82, 2.24) is 0 Å². The van der Waals surface area contributed by atoms with Gasteiger partial charge in [-0.1, -0.05) is 41.9 Å². The molecule has 0 aliphatic rings. The number of nitrogens with zero attached hydrogens (tertiary/aromatic N) is 1. The van der Waals surface area contributed by atoms with E-state index in [-0.39, 0.29) is 6.61 Å². The van der Waals surface area contributed by atoms with Crippen molar-refractivity contribution in [3.63, 3.8) is 0 Å². The maximum absolute atomic E-state index is 11.6. The maximum Gasteiger partial charge on any atom is 0.513 e. The number of anilines is 1. The van der Waals surface area contributed by atoms with Crippen LogP contribution in [0.1, 0.15) is 6.92 Å². The number of benzene rings is 2. The van der Waals surface area contributed by atoms with E-state index in [0.717, 1.165) is 12.2 Å². The lowest BCUT2D eigenvalue weighted by Crippen LogP contribution is -2.28. The molecule has 0 N–H and O–H groups in total. The number of hydrogen-bond donors (Lipinski definition) is 0. The molecule has 0 aliphatic heterocycles. The Morgan fingerprint density at radius 1 is 1.09 bits per heavy atom. The average Bonchev–Trinajstić information content (AvgIpc) is 2.54. The second kappa shape index (κ2) is 8.29. The minimum absolute atomic E-state index is 0.242.